The molecule has 1 fully saturated rings. The fourth-order valence-corrected chi connectivity index (χ4v) is 3.39. The average Bonchev–Trinajstić information content (AvgIpc) is 1.88. The summed E-state index contributed by atoms with van der Waals surface area (Å²) in [6.45, 7) is 4.59. The lowest BCUT2D eigenvalue weighted by Gasteiger charge is -2.20. The van der Waals surface area contributed by atoms with Crippen molar-refractivity contribution in [3.05, 3.63) is 0 Å². The molecule has 54 valence electrons. The van der Waals surface area contributed by atoms with Crippen LogP contribution in [-0.4, -0.2) is 16.9 Å². The molecule has 0 bridgehead atoms. The van der Waals surface area contributed by atoms with E-state index in [1.807, 2.05) is 0 Å². The highest BCUT2D eigenvalue weighted by atomic mass is 32.2. The maximum absolute atomic E-state index is 2.40. The molecule has 1 rings (SSSR count). The van der Waals surface area contributed by atoms with Gasteiger partial charge < -0.3 is 0 Å². The lowest BCUT2D eigenvalue weighted by Crippen LogP contribution is -2.08. The van der Waals surface area contributed by atoms with Crippen LogP contribution < -0.4 is 0 Å². The second kappa shape index (κ2) is 3.40. The maximum atomic E-state index is 2.40. The first-order valence-electron chi connectivity index (χ1n) is 3.78. The Morgan fingerprint density at radius 3 is 2.78 bits per heavy atom. The van der Waals surface area contributed by atoms with Gasteiger partial charge in [-0.15, -0.1) is 0 Å². The molecular formula is C8H16S. The second-order valence-corrected chi connectivity index (χ2v) is 5.18. The van der Waals surface area contributed by atoms with Crippen molar-refractivity contribution in [2.75, 3.05) is 11.5 Å². The molecule has 1 aliphatic heterocycles. The summed E-state index contributed by atoms with van der Waals surface area (Å²) in [6.07, 6.45) is 2.94. The lowest BCUT2D eigenvalue weighted by atomic mass is 10.1. The first kappa shape index (κ1) is 7.33. The number of rotatable bonds is 0. The lowest BCUT2D eigenvalue weighted by molar-refractivity contribution is 0.573. The maximum Gasteiger partial charge on any atom is -0.00944 e. The Kier molecular flexibility index (Phi) is 2.77. The van der Waals surface area contributed by atoms with Gasteiger partial charge in [-0.2, -0.15) is 10.5 Å². The van der Waals surface area contributed by atoms with Crippen LogP contribution in [0.3, 0.4) is 0 Å². The molecule has 1 saturated heterocycles. The van der Waals surface area contributed by atoms with Crippen molar-refractivity contribution in [1.82, 2.24) is 0 Å². The smallest absolute Gasteiger partial charge is 0.00944 e. The highest BCUT2D eigenvalue weighted by Crippen LogP contribution is 2.27. The average molecular weight is 144 g/mol. The van der Waals surface area contributed by atoms with Crippen molar-refractivity contribution < 1.29 is 0 Å². The molecule has 0 N–H and O–H groups in total. The third-order valence-electron chi connectivity index (χ3n) is 1.94. The van der Waals surface area contributed by atoms with Crippen LogP contribution in [-0.2, 0) is 0 Å². The monoisotopic (exact) mass is 144 g/mol. The topological polar surface area (TPSA) is 0 Å². The van der Waals surface area contributed by atoms with Gasteiger partial charge in [-0.05, 0) is 37.2 Å². The van der Waals surface area contributed by atoms with Crippen molar-refractivity contribution in [1.29, 1.82) is 0 Å². The van der Waals surface area contributed by atoms with E-state index in [1.54, 1.807) is 0 Å². The Morgan fingerprint density at radius 1 is 1.56 bits per heavy atom. The molecule has 0 aromatic carbocycles. The van der Waals surface area contributed by atoms with Gasteiger partial charge in [-0.25, -0.2) is 0 Å². The molecule has 1 heterocycles. The van der Waals surface area contributed by atoms with Gasteiger partial charge in [0.15, 0.2) is 0 Å². The quantitative estimate of drug-likeness (QED) is 0.458. The van der Waals surface area contributed by atoms with E-state index < -0.39 is 0 Å². The van der Waals surface area contributed by atoms with Gasteiger partial charge in [0.05, 0.1) is 0 Å². The highest BCUT2D eigenvalue weighted by Gasteiger charge is 2.09. The van der Waals surface area contributed by atoms with Crippen molar-refractivity contribution in [3.63, 3.8) is 0 Å². The van der Waals surface area contributed by atoms with Crippen molar-refractivity contribution in [3.8, 4) is 0 Å². The minimum absolute atomic E-state index is 0.693. The first-order chi connectivity index (χ1) is 4.33. The molecule has 0 amide bonds. The SMILES string of the molecule is C/C=S1/CCCC(C)C1. The third kappa shape index (κ3) is 2.13. The van der Waals surface area contributed by atoms with E-state index in [0.717, 1.165) is 5.92 Å². The van der Waals surface area contributed by atoms with Crippen LogP contribution in [0.2, 0.25) is 0 Å². The van der Waals surface area contributed by atoms with Crippen LogP contribution in [0.1, 0.15) is 26.7 Å². The largest absolute Gasteiger partial charge is 0.190 e. The normalized spacial score (nSPS) is 37.1. The van der Waals surface area contributed by atoms with Crippen molar-refractivity contribution in [2.24, 2.45) is 5.92 Å². The molecule has 1 heteroatoms. The first-order valence-corrected chi connectivity index (χ1v) is 5.41. The molecule has 0 saturated carbocycles. The molecule has 9 heavy (non-hydrogen) atoms. The van der Waals surface area contributed by atoms with Crippen LogP contribution in [0.5, 0.6) is 0 Å². The summed E-state index contributed by atoms with van der Waals surface area (Å²) < 4.78 is 0. The summed E-state index contributed by atoms with van der Waals surface area (Å²) in [6, 6.07) is 0. The van der Waals surface area contributed by atoms with Crippen molar-refractivity contribution >= 4 is 15.9 Å². The van der Waals surface area contributed by atoms with E-state index in [-0.39, 0.29) is 0 Å². The van der Waals surface area contributed by atoms with Crippen LogP contribution in [0, 0.1) is 5.92 Å². The van der Waals surface area contributed by atoms with Gasteiger partial charge in [0.25, 0.3) is 0 Å². The molecule has 2 atom stereocenters. The van der Waals surface area contributed by atoms with Gasteiger partial charge in [0.2, 0.25) is 0 Å². The van der Waals surface area contributed by atoms with Crippen molar-refractivity contribution in [2.45, 2.75) is 26.7 Å². The molecule has 2 unspecified atom stereocenters. The van der Waals surface area contributed by atoms with E-state index in [0.29, 0.717) is 10.5 Å². The Balaban J connectivity index is 2.41. The number of hydrogen-bond donors (Lipinski definition) is 0. The van der Waals surface area contributed by atoms with E-state index in [9.17, 15) is 0 Å². The van der Waals surface area contributed by atoms with E-state index >= 15 is 0 Å². The minimum atomic E-state index is 0.693. The van der Waals surface area contributed by atoms with E-state index in [4.69, 9.17) is 0 Å². The fraction of sp³-hybridized carbons (Fsp3) is 0.875. The van der Waals surface area contributed by atoms with Gasteiger partial charge >= 0.3 is 0 Å². The van der Waals surface area contributed by atoms with Crippen LogP contribution >= 0.6 is 10.5 Å². The van der Waals surface area contributed by atoms with Gasteiger partial charge in [-0.1, -0.05) is 12.3 Å². The number of hydrogen-bond acceptors (Lipinski definition) is 0. The van der Waals surface area contributed by atoms with Crippen LogP contribution in [0.4, 0.5) is 0 Å². The highest BCUT2D eigenvalue weighted by molar-refractivity contribution is 8.15. The second-order valence-electron chi connectivity index (χ2n) is 2.89. The fourth-order valence-electron chi connectivity index (χ4n) is 1.36. The summed E-state index contributed by atoms with van der Waals surface area (Å²) in [4.78, 5) is 0. The molecular weight excluding hydrogens is 128 g/mol. The Bertz CT molecular complexity index is 116. The molecule has 1 aliphatic rings. The molecule has 0 aromatic heterocycles. The zero-order valence-corrected chi connectivity index (χ0v) is 7.21. The van der Waals surface area contributed by atoms with Gasteiger partial charge in [-0.3, -0.25) is 0 Å². The summed E-state index contributed by atoms with van der Waals surface area (Å²) in [5, 5.41) is 2.40. The molecule has 0 nitrogen and oxygen atoms in total. The summed E-state index contributed by atoms with van der Waals surface area (Å²) in [5.74, 6) is 3.94. The summed E-state index contributed by atoms with van der Waals surface area (Å²) in [7, 11) is 0.693. The Labute approximate surface area is 60.6 Å². The summed E-state index contributed by atoms with van der Waals surface area (Å²) >= 11 is 0. The molecule has 0 radical (unpaired) electrons. The third-order valence-corrected chi connectivity index (χ3v) is 4.41. The van der Waals surface area contributed by atoms with Gasteiger partial charge in [0, 0.05) is 0 Å². The van der Waals surface area contributed by atoms with E-state index in [1.165, 1.54) is 24.3 Å². The predicted octanol–water partition coefficient (Wildman–Crippen LogP) is 2.51. The summed E-state index contributed by atoms with van der Waals surface area (Å²) in [5.41, 5.74) is 0. The molecule has 0 aromatic rings. The molecule has 0 spiro atoms. The standard InChI is InChI=1S/C8H16S/c1-3-9-6-4-5-8(2)7-9/h3,8H,4-7H2,1-2H3. The molecule has 0 aliphatic carbocycles. The van der Waals surface area contributed by atoms with E-state index in [2.05, 4.69) is 19.2 Å². The minimum Gasteiger partial charge on any atom is -0.190 e. The zero-order chi connectivity index (χ0) is 6.69. The predicted molar refractivity (Wildman–Crippen MR) is 47.5 cm³/mol. The van der Waals surface area contributed by atoms with Crippen LogP contribution in [0.25, 0.3) is 0 Å². The van der Waals surface area contributed by atoms with Crippen LogP contribution in [0.15, 0.2) is 0 Å². The Morgan fingerprint density at radius 2 is 2.33 bits per heavy atom. The zero-order valence-electron chi connectivity index (χ0n) is 6.39. The van der Waals surface area contributed by atoms with Gasteiger partial charge in [0.1, 0.15) is 0 Å². The Hall–Kier alpha value is 0.220.